The van der Waals surface area contributed by atoms with Gasteiger partial charge < -0.3 is 28.8 Å². The van der Waals surface area contributed by atoms with Crippen molar-refractivity contribution < 1.29 is 32.9 Å². The van der Waals surface area contributed by atoms with Gasteiger partial charge in [0.25, 0.3) is 7.82 Å². The summed E-state index contributed by atoms with van der Waals surface area (Å²) in [6.07, 6.45) is 56.4. The molecule has 0 aliphatic heterocycles. The molecule has 0 spiro atoms. The highest BCUT2D eigenvalue weighted by Gasteiger charge is 2.23. The first-order valence-electron chi connectivity index (χ1n) is 26.4. The number of carbonyl (C=O) groups excluding carboxylic acids is 1. The minimum atomic E-state index is -4.60. The summed E-state index contributed by atoms with van der Waals surface area (Å²) < 4.78 is 23.3. The van der Waals surface area contributed by atoms with Crippen LogP contribution in [-0.2, 0) is 18.4 Å². The molecule has 0 radical (unpaired) electrons. The summed E-state index contributed by atoms with van der Waals surface area (Å²) in [5.41, 5.74) is 0. The number of unbranched alkanes of at least 4 members (excludes halogenated alkanes) is 31. The lowest BCUT2D eigenvalue weighted by molar-refractivity contribution is -0.870. The molecule has 0 saturated heterocycles. The Bertz CT molecular complexity index is 1110. The van der Waals surface area contributed by atoms with Crippen LogP contribution in [0.4, 0.5) is 0 Å². The summed E-state index contributed by atoms with van der Waals surface area (Å²) in [6, 6.07) is -0.905. The number of amides is 1. The largest absolute Gasteiger partial charge is 0.756 e. The molecule has 0 aromatic heterocycles. The smallest absolute Gasteiger partial charge is 0.268 e. The molecule has 3 unspecified atom stereocenters. The van der Waals surface area contributed by atoms with E-state index >= 15 is 0 Å². The Kier molecular flexibility index (Phi) is 44.0. The number of allylic oxidation sites excluding steroid dienone is 5. The van der Waals surface area contributed by atoms with Crippen molar-refractivity contribution in [3.05, 3.63) is 36.5 Å². The molecule has 0 aromatic rings. The van der Waals surface area contributed by atoms with Crippen LogP contribution in [0.15, 0.2) is 36.5 Å². The molecule has 0 fully saturated rings. The van der Waals surface area contributed by atoms with Crippen molar-refractivity contribution in [1.82, 2.24) is 5.32 Å². The van der Waals surface area contributed by atoms with Crippen molar-refractivity contribution in [2.45, 2.75) is 257 Å². The first kappa shape index (κ1) is 60.7. The van der Waals surface area contributed by atoms with Crippen LogP contribution in [0, 0.1) is 0 Å². The van der Waals surface area contributed by atoms with Crippen molar-refractivity contribution in [3.63, 3.8) is 0 Å². The lowest BCUT2D eigenvalue weighted by atomic mass is 10.0. The van der Waals surface area contributed by atoms with Gasteiger partial charge in [0.15, 0.2) is 0 Å². The van der Waals surface area contributed by atoms with Gasteiger partial charge in [-0.15, -0.1) is 0 Å². The summed E-state index contributed by atoms with van der Waals surface area (Å²) in [4.78, 5) is 25.4. The molecule has 0 heterocycles. The highest BCUT2D eigenvalue weighted by molar-refractivity contribution is 7.45. The number of likely N-dealkylation sites (N-methyl/N-ethyl adjacent to an activating group) is 1. The zero-order valence-electron chi connectivity index (χ0n) is 41.6. The number of nitrogens with one attached hydrogen (secondary N) is 1. The molecule has 0 aliphatic rings. The first-order valence-corrected chi connectivity index (χ1v) is 27.8. The summed E-state index contributed by atoms with van der Waals surface area (Å²) in [5, 5.41) is 13.8. The summed E-state index contributed by atoms with van der Waals surface area (Å²) in [6.45, 7) is 4.65. The topological polar surface area (TPSA) is 108 Å². The number of rotatable bonds is 48. The fraction of sp³-hybridized carbons (Fsp3) is 0.868. The van der Waals surface area contributed by atoms with Crippen LogP contribution in [0.2, 0.25) is 0 Å². The second-order valence-electron chi connectivity index (χ2n) is 19.2. The highest BCUT2D eigenvalue weighted by Crippen LogP contribution is 2.38. The lowest BCUT2D eigenvalue weighted by Gasteiger charge is -2.29. The van der Waals surface area contributed by atoms with Crippen LogP contribution < -0.4 is 10.2 Å². The van der Waals surface area contributed by atoms with Crippen molar-refractivity contribution >= 4 is 13.7 Å². The number of quaternary nitrogens is 1. The molecule has 366 valence electrons. The predicted molar refractivity (Wildman–Crippen MR) is 265 cm³/mol. The van der Waals surface area contributed by atoms with Gasteiger partial charge in [-0.3, -0.25) is 9.36 Å². The van der Waals surface area contributed by atoms with Crippen LogP contribution >= 0.6 is 7.82 Å². The lowest BCUT2D eigenvalue weighted by Crippen LogP contribution is -2.45. The van der Waals surface area contributed by atoms with Crippen LogP contribution in [0.5, 0.6) is 0 Å². The van der Waals surface area contributed by atoms with Gasteiger partial charge in [0, 0.05) is 6.42 Å². The number of phosphoric ester groups is 1. The number of hydrogen-bond acceptors (Lipinski definition) is 6. The van der Waals surface area contributed by atoms with Crippen molar-refractivity contribution in [3.8, 4) is 0 Å². The molecule has 0 rings (SSSR count). The maximum absolute atomic E-state index is 12.9. The van der Waals surface area contributed by atoms with Gasteiger partial charge in [-0.2, -0.15) is 0 Å². The average Bonchev–Trinajstić information content (AvgIpc) is 3.23. The zero-order chi connectivity index (χ0) is 45.7. The summed E-state index contributed by atoms with van der Waals surface area (Å²) >= 11 is 0. The third-order valence-corrected chi connectivity index (χ3v) is 12.8. The maximum atomic E-state index is 12.9. The highest BCUT2D eigenvalue weighted by atomic mass is 31.2. The summed E-state index contributed by atoms with van der Waals surface area (Å²) in [7, 11) is 1.24. The molecule has 8 nitrogen and oxygen atoms in total. The van der Waals surface area contributed by atoms with Gasteiger partial charge >= 0.3 is 0 Å². The second-order valence-corrected chi connectivity index (χ2v) is 20.6. The fourth-order valence-corrected chi connectivity index (χ4v) is 8.36. The number of hydrogen-bond donors (Lipinski definition) is 2. The quantitative estimate of drug-likeness (QED) is 0.0273. The fourth-order valence-electron chi connectivity index (χ4n) is 7.63. The van der Waals surface area contributed by atoms with E-state index in [-0.39, 0.29) is 12.5 Å². The number of phosphoric acid groups is 1. The van der Waals surface area contributed by atoms with E-state index in [0.717, 1.165) is 38.5 Å². The Balaban J connectivity index is 4.32. The molecule has 2 N–H and O–H groups in total. The normalized spacial score (nSPS) is 14.4. The molecular weight excluding hydrogens is 792 g/mol. The van der Waals surface area contributed by atoms with E-state index < -0.39 is 26.6 Å². The number of aliphatic hydroxyl groups is 1. The van der Waals surface area contributed by atoms with Crippen molar-refractivity contribution in [2.75, 3.05) is 40.9 Å². The van der Waals surface area contributed by atoms with E-state index in [1.165, 1.54) is 186 Å². The van der Waals surface area contributed by atoms with E-state index in [9.17, 15) is 19.4 Å². The standard InChI is InChI=1S/C53H103N2O6P/c1-6-8-10-12-14-16-18-20-22-24-26-27-28-29-31-33-35-37-39-41-43-45-47-53(57)54-51(50-61-62(58,59)60-49-48-55(3,4)5)52(56)46-44-42-40-38-36-34-32-30-25-23-21-19-17-15-13-11-9-7-2/h28-29,36,38,44,46,51-52,56H,6-27,30-35,37,39-43,45,47-50H2,1-5H3,(H-,54,57,58,59)/b29-28-,38-36+,46-44+. The number of carbonyl (C=O) groups is 1. The van der Waals surface area contributed by atoms with Crippen LogP contribution in [0.3, 0.4) is 0 Å². The SMILES string of the molecule is CCCCCCCCCCCCC/C=C\CCCCCCCCCC(=O)NC(COP(=O)([O-])OCC[N+](C)(C)C)C(O)/C=C/CC/C=C/CCCCCCCCCCCCCC. The first-order chi connectivity index (χ1) is 30.0. The van der Waals surface area contributed by atoms with E-state index in [2.05, 4.69) is 43.5 Å². The minimum Gasteiger partial charge on any atom is -0.756 e. The minimum absolute atomic E-state index is 0.00680. The summed E-state index contributed by atoms with van der Waals surface area (Å²) in [5.74, 6) is -0.210. The van der Waals surface area contributed by atoms with Crippen LogP contribution in [-0.4, -0.2) is 68.5 Å². The third kappa shape index (κ3) is 46.7. The van der Waals surface area contributed by atoms with Crippen LogP contribution in [0.1, 0.15) is 245 Å². The Morgan fingerprint density at radius 2 is 0.903 bits per heavy atom. The monoisotopic (exact) mass is 895 g/mol. The van der Waals surface area contributed by atoms with E-state index in [1.54, 1.807) is 6.08 Å². The van der Waals surface area contributed by atoms with Crippen molar-refractivity contribution in [2.24, 2.45) is 0 Å². The Hall–Kier alpha value is -1.28. The van der Waals surface area contributed by atoms with E-state index in [4.69, 9.17) is 9.05 Å². The average molecular weight is 895 g/mol. The van der Waals surface area contributed by atoms with Gasteiger partial charge in [-0.25, -0.2) is 0 Å². The van der Waals surface area contributed by atoms with Crippen LogP contribution in [0.25, 0.3) is 0 Å². The molecule has 0 saturated carbocycles. The zero-order valence-corrected chi connectivity index (χ0v) is 42.5. The second kappa shape index (κ2) is 44.9. The van der Waals surface area contributed by atoms with Gasteiger partial charge in [-0.1, -0.05) is 217 Å². The Labute approximate surface area is 385 Å². The Morgan fingerprint density at radius 1 is 0.548 bits per heavy atom. The van der Waals surface area contributed by atoms with E-state index in [1.807, 2.05) is 27.2 Å². The number of nitrogens with zero attached hydrogens (tertiary/aromatic N) is 1. The van der Waals surface area contributed by atoms with Crippen molar-refractivity contribution in [1.29, 1.82) is 0 Å². The molecular formula is C53H103N2O6P. The molecule has 62 heavy (non-hydrogen) atoms. The molecule has 3 atom stereocenters. The van der Waals surface area contributed by atoms with E-state index in [0.29, 0.717) is 17.4 Å². The predicted octanol–water partition coefficient (Wildman–Crippen LogP) is 14.8. The molecule has 0 bridgehead atoms. The van der Waals surface area contributed by atoms with Gasteiger partial charge in [-0.05, 0) is 57.8 Å². The van der Waals surface area contributed by atoms with Gasteiger partial charge in [0.1, 0.15) is 13.2 Å². The molecule has 0 aromatic carbocycles. The van der Waals surface area contributed by atoms with Gasteiger partial charge in [0.2, 0.25) is 5.91 Å². The van der Waals surface area contributed by atoms with Gasteiger partial charge in [0.05, 0.1) is 39.9 Å². The third-order valence-electron chi connectivity index (χ3n) is 11.8. The molecule has 1 amide bonds. The number of aliphatic hydroxyl groups excluding tert-OH is 1. The maximum Gasteiger partial charge on any atom is 0.268 e. The Morgan fingerprint density at radius 3 is 1.31 bits per heavy atom. The molecule has 0 aliphatic carbocycles. The molecule has 9 heteroatoms.